The van der Waals surface area contributed by atoms with Gasteiger partial charge in [0.2, 0.25) is 5.91 Å². The van der Waals surface area contributed by atoms with E-state index in [1.165, 1.54) is 0 Å². The maximum absolute atomic E-state index is 12.8. The van der Waals surface area contributed by atoms with Gasteiger partial charge in [-0.2, -0.15) is 5.10 Å². The van der Waals surface area contributed by atoms with Gasteiger partial charge in [-0.3, -0.25) is 4.79 Å². The van der Waals surface area contributed by atoms with E-state index in [-0.39, 0.29) is 17.5 Å². The van der Waals surface area contributed by atoms with Crippen LogP contribution in [0.2, 0.25) is 0 Å². The molecule has 0 radical (unpaired) electrons. The number of ether oxygens (including phenoxy) is 2. The lowest BCUT2D eigenvalue weighted by molar-refractivity contribution is -0.121. The van der Waals surface area contributed by atoms with Gasteiger partial charge in [0, 0.05) is 17.5 Å². The Bertz CT molecular complexity index is 1210. The number of aryl methyl sites for hydroxylation is 3. The zero-order chi connectivity index (χ0) is 23.9. The van der Waals surface area contributed by atoms with Crippen molar-refractivity contribution < 1.29 is 14.3 Å². The van der Waals surface area contributed by atoms with Crippen molar-refractivity contribution in [3.8, 4) is 11.5 Å². The van der Waals surface area contributed by atoms with Gasteiger partial charge in [-0.05, 0) is 83.7 Å². The molecule has 2 aromatic heterocycles. The number of rotatable bonds is 5. The summed E-state index contributed by atoms with van der Waals surface area (Å²) >= 11 is 0. The Kier molecular flexibility index (Phi) is 6.08. The molecule has 0 fully saturated rings. The number of aromatic nitrogens is 3. The lowest BCUT2D eigenvalue weighted by Gasteiger charge is -2.21. The van der Waals surface area contributed by atoms with Crippen molar-refractivity contribution in [2.24, 2.45) is 0 Å². The molecular formula is C26H34N4O3. The minimum atomic E-state index is -0.149. The van der Waals surface area contributed by atoms with E-state index in [4.69, 9.17) is 19.6 Å². The predicted octanol–water partition coefficient (Wildman–Crippen LogP) is 4.69. The summed E-state index contributed by atoms with van der Waals surface area (Å²) in [6, 6.07) is 5.70. The van der Waals surface area contributed by atoms with E-state index in [1.54, 1.807) is 0 Å². The molecule has 0 saturated carbocycles. The van der Waals surface area contributed by atoms with Crippen LogP contribution in [0.25, 0.3) is 11.0 Å². The molecule has 7 nitrogen and oxygen atoms in total. The van der Waals surface area contributed by atoms with Gasteiger partial charge in [-0.1, -0.05) is 6.07 Å². The summed E-state index contributed by atoms with van der Waals surface area (Å²) in [7, 11) is 0. The van der Waals surface area contributed by atoms with E-state index >= 15 is 0 Å². The average molecular weight is 451 g/mol. The van der Waals surface area contributed by atoms with Gasteiger partial charge in [0.1, 0.15) is 13.2 Å². The van der Waals surface area contributed by atoms with Crippen molar-refractivity contribution in [2.45, 2.75) is 72.9 Å². The van der Waals surface area contributed by atoms with Crippen molar-refractivity contribution in [3.63, 3.8) is 0 Å². The molecule has 0 bridgehead atoms. The van der Waals surface area contributed by atoms with Crippen molar-refractivity contribution in [1.82, 2.24) is 20.1 Å². The monoisotopic (exact) mass is 450 g/mol. The zero-order valence-corrected chi connectivity index (χ0v) is 20.7. The van der Waals surface area contributed by atoms with E-state index in [9.17, 15) is 4.79 Å². The van der Waals surface area contributed by atoms with Crippen LogP contribution in [0.5, 0.6) is 11.5 Å². The van der Waals surface area contributed by atoms with Crippen LogP contribution in [0.15, 0.2) is 18.2 Å². The molecule has 1 aliphatic rings. The normalized spacial score (nSPS) is 14.4. The van der Waals surface area contributed by atoms with Crippen molar-refractivity contribution in [3.05, 3.63) is 46.3 Å². The third-order valence-electron chi connectivity index (χ3n) is 6.26. The molecule has 0 spiro atoms. The van der Waals surface area contributed by atoms with E-state index in [2.05, 4.69) is 33.0 Å². The average Bonchev–Trinajstić information content (AvgIpc) is 3.09. The SMILES string of the molecule is Cc1nc2c(c(C)nn2C(C)(C)C)c(C)c1CCC(=O)N[C@H](C)c1ccc2c(c1)OCCO2. The number of hydrogen-bond acceptors (Lipinski definition) is 5. The molecule has 1 aliphatic heterocycles. The Morgan fingerprint density at radius 2 is 1.82 bits per heavy atom. The molecule has 0 aliphatic carbocycles. The third kappa shape index (κ3) is 4.54. The number of nitrogens with one attached hydrogen (secondary N) is 1. The first-order chi connectivity index (χ1) is 15.6. The fourth-order valence-corrected chi connectivity index (χ4v) is 4.51. The second kappa shape index (κ2) is 8.69. The van der Waals surface area contributed by atoms with Crippen molar-refractivity contribution in [1.29, 1.82) is 0 Å². The predicted molar refractivity (Wildman–Crippen MR) is 129 cm³/mol. The number of amides is 1. The summed E-state index contributed by atoms with van der Waals surface area (Å²) in [6.07, 6.45) is 1.04. The second-order valence-corrected chi connectivity index (χ2v) is 9.86. The molecular weight excluding hydrogens is 416 g/mol. The number of nitrogens with zero attached hydrogens (tertiary/aromatic N) is 3. The molecule has 33 heavy (non-hydrogen) atoms. The molecule has 1 amide bonds. The summed E-state index contributed by atoms with van der Waals surface area (Å²) in [5, 5.41) is 8.96. The molecule has 0 saturated heterocycles. The highest BCUT2D eigenvalue weighted by molar-refractivity contribution is 5.84. The molecule has 4 rings (SSSR count). The number of carbonyl (C=O) groups excluding carboxylic acids is 1. The molecule has 3 heterocycles. The van der Waals surface area contributed by atoms with Crippen LogP contribution in [0.1, 0.15) is 68.2 Å². The maximum Gasteiger partial charge on any atom is 0.220 e. The van der Waals surface area contributed by atoms with Crippen molar-refractivity contribution >= 4 is 16.9 Å². The molecule has 1 atom stereocenters. The molecule has 1 N–H and O–H groups in total. The van der Waals surface area contributed by atoms with Crippen LogP contribution in [0, 0.1) is 20.8 Å². The lowest BCUT2D eigenvalue weighted by Crippen LogP contribution is -2.27. The minimum Gasteiger partial charge on any atom is -0.486 e. The van der Waals surface area contributed by atoms with Crippen LogP contribution < -0.4 is 14.8 Å². The van der Waals surface area contributed by atoms with E-state index in [0.717, 1.165) is 50.6 Å². The standard InChI is InChI=1S/C26H34N4O3/c1-15-20(17(3)28-25-24(15)18(4)29-30(25)26(5,6)7)9-11-23(31)27-16(2)19-8-10-21-22(14-19)33-13-12-32-21/h8,10,14,16H,9,11-13H2,1-7H3,(H,27,31)/t16-/m1/s1. The number of carbonyl (C=O) groups is 1. The van der Waals surface area contributed by atoms with Gasteiger partial charge in [-0.15, -0.1) is 0 Å². The Morgan fingerprint density at radius 3 is 2.52 bits per heavy atom. The van der Waals surface area contributed by atoms with Gasteiger partial charge < -0.3 is 14.8 Å². The Balaban J connectivity index is 1.48. The fourth-order valence-electron chi connectivity index (χ4n) is 4.51. The van der Waals surface area contributed by atoms with Crippen LogP contribution in [-0.4, -0.2) is 33.9 Å². The summed E-state index contributed by atoms with van der Waals surface area (Å²) in [5.74, 6) is 1.50. The van der Waals surface area contributed by atoms with Gasteiger partial charge in [0.05, 0.1) is 17.3 Å². The van der Waals surface area contributed by atoms with Crippen LogP contribution in [0.3, 0.4) is 0 Å². The second-order valence-electron chi connectivity index (χ2n) is 9.86. The van der Waals surface area contributed by atoms with E-state index in [1.807, 2.05) is 43.7 Å². The molecule has 7 heteroatoms. The zero-order valence-electron chi connectivity index (χ0n) is 20.7. The number of hydrogen-bond donors (Lipinski definition) is 1. The first-order valence-electron chi connectivity index (χ1n) is 11.6. The first kappa shape index (κ1) is 23.1. The van der Waals surface area contributed by atoms with Gasteiger partial charge >= 0.3 is 0 Å². The Labute approximate surface area is 195 Å². The molecule has 3 aromatic rings. The largest absolute Gasteiger partial charge is 0.486 e. The maximum atomic E-state index is 12.8. The Morgan fingerprint density at radius 1 is 1.12 bits per heavy atom. The number of pyridine rings is 1. The summed E-state index contributed by atoms with van der Waals surface area (Å²) < 4.78 is 13.3. The minimum absolute atomic E-state index is 0.0124. The summed E-state index contributed by atoms with van der Waals surface area (Å²) in [6.45, 7) is 15.6. The molecule has 0 unspecified atom stereocenters. The number of fused-ring (bicyclic) bond motifs is 2. The third-order valence-corrected chi connectivity index (χ3v) is 6.26. The van der Waals surface area contributed by atoms with Crippen LogP contribution in [0.4, 0.5) is 0 Å². The molecule has 176 valence electrons. The Hall–Kier alpha value is -3.09. The first-order valence-corrected chi connectivity index (χ1v) is 11.6. The van der Waals surface area contributed by atoms with Gasteiger partial charge in [-0.25, -0.2) is 9.67 Å². The summed E-state index contributed by atoms with van der Waals surface area (Å²) in [4.78, 5) is 17.7. The smallest absolute Gasteiger partial charge is 0.220 e. The fraction of sp³-hybridized carbons (Fsp3) is 0.500. The highest BCUT2D eigenvalue weighted by Gasteiger charge is 2.23. The van der Waals surface area contributed by atoms with Crippen LogP contribution >= 0.6 is 0 Å². The lowest BCUT2D eigenvalue weighted by atomic mass is 9.98. The highest BCUT2D eigenvalue weighted by Crippen LogP contribution is 2.33. The van der Waals surface area contributed by atoms with Gasteiger partial charge in [0.25, 0.3) is 0 Å². The van der Waals surface area contributed by atoms with Crippen molar-refractivity contribution in [2.75, 3.05) is 13.2 Å². The summed E-state index contributed by atoms with van der Waals surface area (Å²) in [5.41, 5.74) is 5.98. The molecule has 1 aromatic carbocycles. The quantitative estimate of drug-likeness (QED) is 0.610. The van der Waals surface area contributed by atoms with Crippen LogP contribution in [-0.2, 0) is 16.8 Å². The van der Waals surface area contributed by atoms with E-state index < -0.39 is 0 Å². The highest BCUT2D eigenvalue weighted by atomic mass is 16.6. The topological polar surface area (TPSA) is 78.3 Å². The van der Waals surface area contributed by atoms with Gasteiger partial charge in [0.15, 0.2) is 17.1 Å². The number of benzene rings is 1. The van der Waals surface area contributed by atoms with E-state index in [0.29, 0.717) is 26.1 Å².